The Balaban J connectivity index is 1.29. The Morgan fingerprint density at radius 3 is 1.91 bits per heavy atom. The lowest BCUT2D eigenvalue weighted by Gasteiger charge is -2.31. The number of hydrogen-bond donors (Lipinski definition) is 0. The first kappa shape index (κ1) is 25.3. The van der Waals surface area contributed by atoms with Gasteiger partial charge in [0.05, 0.1) is 12.2 Å². The van der Waals surface area contributed by atoms with E-state index in [9.17, 15) is 17.6 Å². The van der Waals surface area contributed by atoms with Gasteiger partial charge in [-0.3, -0.25) is 4.39 Å². The molecule has 0 nitrogen and oxygen atoms in total. The molecule has 0 aromatic heterocycles. The van der Waals surface area contributed by atoms with Crippen LogP contribution in [-0.4, -0.2) is 6.67 Å². The van der Waals surface area contributed by atoms with Crippen molar-refractivity contribution in [1.29, 1.82) is 0 Å². The van der Waals surface area contributed by atoms with Crippen molar-refractivity contribution in [2.24, 2.45) is 17.8 Å². The first-order chi connectivity index (χ1) is 15.5. The Kier molecular flexibility index (Phi) is 10.1. The van der Waals surface area contributed by atoms with E-state index in [0.717, 1.165) is 55.4 Å². The van der Waals surface area contributed by atoms with E-state index in [4.69, 9.17) is 0 Å². The van der Waals surface area contributed by atoms with Crippen molar-refractivity contribution >= 4 is 0 Å². The molecule has 0 N–H and O–H groups in total. The Labute approximate surface area is 191 Å². The van der Waals surface area contributed by atoms with Gasteiger partial charge in [-0.15, -0.1) is 0 Å². The molecular weight excluding hydrogens is 412 g/mol. The fourth-order valence-electron chi connectivity index (χ4n) is 5.69. The third kappa shape index (κ3) is 8.23. The molecule has 0 unspecified atom stereocenters. The van der Waals surface area contributed by atoms with Crippen LogP contribution in [0.3, 0.4) is 0 Å². The molecule has 0 atom stereocenters. The van der Waals surface area contributed by atoms with Gasteiger partial charge in [0.15, 0.2) is 0 Å². The maximum Gasteiger partial charge on any atom is 0.416 e. The lowest BCUT2D eigenvalue weighted by molar-refractivity contribution is -0.137. The fourth-order valence-corrected chi connectivity index (χ4v) is 5.69. The Morgan fingerprint density at radius 1 is 0.750 bits per heavy atom. The van der Waals surface area contributed by atoms with Crippen LogP contribution < -0.4 is 0 Å². The van der Waals surface area contributed by atoms with Crippen molar-refractivity contribution < 1.29 is 17.6 Å². The maximum absolute atomic E-state index is 12.8. The lowest BCUT2D eigenvalue weighted by atomic mass is 9.74. The van der Waals surface area contributed by atoms with Crippen molar-refractivity contribution in [1.82, 2.24) is 0 Å². The predicted octanol–water partition coefficient (Wildman–Crippen LogP) is 9.65. The average molecular weight is 453 g/mol. The Morgan fingerprint density at radius 2 is 1.34 bits per heavy atom. The average Bonchev–Trinajstić information content (AvgIpc) is 2.81. The van der Waals surface area contributed by atoms with E-state index in [0.29, 0.717) is 12.3 Å². The zero-order valence-corrected chi connectivity index (χ0v) is 19.4. The van der Waals surface area contributed by atoms with Crippen LogP contribution in [-0.2, 0) is 6.18 Å². The third-order valence-corrected chi connectivity index (χ3v) is 7.84. The second-order valence-electron chi connectivity index (χ2n) is 10.2. The molecule has 180 valence electrons. The molecule has 2 fully saturated rings. The first-order valence-corrected chi connectivity index (χ1v) is 12.9. The summed E-state index contributed by atoms with van der Waals surface area (Å²) in [5.74, 6) is 2.83. The van der Waals surface area contributed by atoms with Crippen LogP contribution in [0.25, 0.3) is 0 Å². The summed E-state index contributed by atoms with van der Waals surface area (Å²) in [7, 11) is 0. The number of rotatable bonds is 10. The van der Waals surface area contributed by atoms with Crippen LogP contribution in [0, 0.1) is 17.8 Å². The van der Waals surface area contributed by atoms with Gasteiger partial charge in [0.2, 0.25) is 0 Å². The zero-order valence-electron chi connectivity index (χ0n) is 19.4. The smallest absolute Gasteiger partial charge is 0.251 e. The highest BCUT2D eigenvalue weighted by atomic mass is 19.4. The van der Waals surface area contributed by atoms with Crippen LogP contribution in [0.5, 0.6) is 0 Å². The number of hydrogen-bond acceptors (Lipinski definition) is 0. The highest BCUT2D eigenvalue weighted by Gasteiger charge is 2.31. The van der Waals surface area contributed by atoms with Gasteiger partial charge in [0.25, 0.3) is 0 Å². The molecule has 2 aliphatic carbocycles. The summed E-state index contributed by atoms with van der Waals surface area (Å²) in [5.41, 5.74) is 0.527. The quantitative estimate of drug-likeness (QED) is 0.188. The molecule has 0 aliphatic heterocycles. The summed E-state index contributed by atoms with van der Waals surface area (Å²) in [6, 6.07) is 5.84. The molecule has 2 aliphatic rings. The van der Waals surface area contributed by atoms with Gasteiger partial charge in [-0.25, -0.2) is 0 Å². The largest absolute Gasteiger partial charge is 0.416 e. The van der Waals surface area contributed by atoms with Gasteiger partial charge in [0, 0.05) is 0 Å². The number of alkyl halides is 4. The standard InChI is InChI=1S/C28H40F4/c29-21-5-3-1-2-4-6-22-7-9-23(10-8-22)11-12-24-13-15-25(16-14-24)26-17-19-27(20-18-26)28(30,31)32/h4,6,17-20,22-25H,1-3,5,7-16,21H2. The first-order valence-electron chi connectivity index (χ1n) is 12.9. The molecular formula is C28H40F4. The number of allylic oxidation sites excluding steroid dienone is 2. The van der Waals surface area contributed by atoms with Crippen LogP contribution in [0.2, 0.25) is 0 Å². The SMILES string of the molecule is FCCCCCC=CC1CCC(CCC2CCC(c3ccc(C(F)(F)F)cc3)CC2)CC1. The maximum atomic E-state index is 12.8. The minimum absolute atomic E-state index is 0.186. The van der Waals surface area contributed by atoms with Crippen molar-refractivity contribution in [3.8, 4) is 0 Å². The molecule has 3 rings (SSSR count). The Bertz CT molecular complexity index is 660. The second kappa shape index (κ2) is 12.8. The summed E-state index contributed by atoms with van der Waals surface area (Å²) in [6.45, 7) is -0.186. The second-order valence-corrected chi connectivity index (χ2v) is 10.2. The summed E-state index contributed by atoms with van der Waals surface area (Å²) < 4.78 is 50.4. The van der Waals surface area contributed by atoms with E-state index in [1.807, 2.05) is 0 Å². The van der Waals surface area contributed by atoms with Gasteiger partial charge >= 0.3 is 6.18 Å². The molecule has 1 aromatic rings. The minimum atomic E-state index is -4.25. The van der Waals surface area contributed by atoms with E-state index in [1.165, 1.54) is 63.5 Å². The van der Waals surface area contributed by atoms with E-state index in [2.05, 4.69) is 12.2 Å². The number of halogens is 4. The van der Waals surface area contributed by atoms with Crippen LogP contribution in [0.15, 0.2) is 36.4 Å². The van der Waals surface area contributed by atoms with Crippen molar-refractivity contribution in [3.63, 3.8) is 0 Å². The van der Waals surface area contributed by atoms with Gasteiger partial charge in [-0.1, -0.05) is 43.5 Å². The molecule has 4 heteroatoms. The summed E-state index contributed by atoms with van der Waals surface area (Å²) in [6.07, 6.45) is 17.0. The van der Waals surface area contributed by atoms with Crippen LogP contribution in [0.1, 0.15) is 107 Å². The minimum Gasteiger partial charge on any atom is -0.251 e. The predicted molar refractivity (Wildman–Crippen MR) is 124 cm³/mol. The lowest BCUT2D eigenvalue weighted by Crippen LogP contribution is -2.17. The molecule has 0 radical (unpaired) electrons. The molecule has 0 bridgehead atoms. The van der Waals surface area contributed by atoms with E-state index < -0.39 is 11.7 Å². The van der Waals surface area contributed by atoms with Crippen molar-refractivity contribution in [2.45, 2.75) is 102 Å². The third-order valence-electron chi connectivity index (χ3n) is 7.84. The normalized spacial score (nSPS) is 27.1. The zero-order chi connectivity index (χ0) is 22.8. The molecule has 0 saturated heterocycles. The Hall–Kier alpha value is -1.32. The summed E-state index contributed by atoms with van der Waals surface area (Å²) in [4.78, 5) is 0. The van der Waals surface area contributed by atoms with Gasteiger partial charge in [-0.05, 0) is 112 Å². The molecule has 0 spiro atoms. The highest BCUT2D eigenvalue weighted by molar-refractivity contribution is 5.27. The molecule has 32 heavy (non-hydrogen) atoms. The molecule has 2 saturated carbocycles. The topological polar surface area (TPSA) is 0 Å². The molecule has 0 heterocycles. The monoisotopic (exact) mass is 452 g/mol. The molecule has 0 amide bonds. The highest BCUT2D eigenvalue weighted by Crippen LogP contribution is 2.40. The van der Waals surface area contributed by atoms with Crippen molar-refractivity contribution in [3.05, 3.63) is 47.5 Å². The number of benzene rings is 1. The van der Waals surface area contributed by atoms with E-state index in [1.54, 1.807) is 12.1 Å². The number of unbranched alkanes of at least 4 members (excludes halogenated alkanes) is 3. The van der Waals surface area contributed by atoms with Gasteiger partial charge < -0.3 is 0 Å². The summed E-state index contributed by atoms with van der Waals surface area (Å²) >= 11 is 0. The van der Waals surface area contributed by atoms with Crippen molar-refractivity contribution in [2.75, 3.05) is 6.67 Å². The van der Waals surface area contributed by atoms with Crippen LogP contribution >= 0.6 is 0 Å². The van der Waals surface area contributed by atoms with E-state index in [-0.39, 0.29) is 6.67 Å². The van der Waals surface area contributed by atoms with Gasteiger partial charge in [0.1, 0.15) is 0 Å². The van der Waals surface area contributed by atoms with Crippen LogP contribution in [0.4, 0.5) is 17.6 Å². The van der Waals surface area contributed by atoms with Gasteiger partial charge in [-0.2, -0.15) is 13.2 Å². The van der Waals surface area contributed by atoms with E-state index >= 15 is 0 Å². The summed E-state index contributed by atoms with van der Waals surface area (Å²) in [5, 5.41) is 0. The molecule has 1 aromatic carbocycles. The fraction of sp³-hybridized carbons (Fsp3) is 0.714.